The molecule has 3 rings (SSSR count). The molecule has 2 aromatic carbocycles. The van der Waals surface area contributed by atoms with E-state index in [-0.39, 0.29) is 18.9 Å². The van der Waals surface area contributed by atoms with Crippen molar-refractivity contribution in [3.63, 3.8) is 0 Å². The number of amides is 1. The largest absolute Gasteiger partial charge is 0.456 e. The maximum atomic E-state index is 11.8. The van der Waals surface area contributed by atoms with Gasteiger partial charge in [-0.2, -0.15) is 0 Å². The quantitative estimate of drug-likeness (QED) is 0.600. The van der Waals surface area contributed by atoms with Gasteiger partial charge in [0.25, 0.3) is 5.91 Å². The Hall–Kier alpha value is -2.86. The van der Waals surface area contributed by atoms with Gasteiger partial charge >= 0.3 is 5.97 Å². The zero-order valence-corrected chi connectivity index (χ0v) is 15.4. The minimum Gasteiger partial charge on any atom is -0.456 e. The summed E-state index contributed by atoms with van der Waals surface area (Å²) in [5, 5.41) is 3.39. The topological polar surface area (TPSA) is 81.4 Å². The van der Waals surface area contributed by atoms with Gasteiger partial charge in [0.05, 0.1) is 6.42 Å². The third-order valence-electron chi connectivity index (χ3n) is 3.89. The number of nitrogens with one attached hydrogen (secondary N) is 1. The van der Waals surface area contributed by atoms with Gasteiger partial charge in [-0.05, 0) is 36.2 Å². The van der Waals surface area contributed by atoms with E-state index in [0.29, 0.717) is 35.9 Å². The lowest BCUT2D eigenvalue weighted by Crippen LogP contribution is -2.30. The first-order chi connectivity index (χ1) is 13.1. The van der Waals surface area contributed by atoms with E-state index in [1.54, 1.807) is 12.1 Å². The average Bonchev–Trinajstić information content (AvgIpc) is 3.09. The molecular weight excluding hydrogens is 368 g/mol. The highest BCUT2D eigenvalue weighted by Crippen LogP contribution is 2.15. The van der Waals surface area contributed by atoms with E-state index in [1.165, 1.54) is 0 Å². The van der Waals surface area contributed by atoms with Crippen LogP contribution in [0.2, 0.25) is 5.02 Å². The molecule has 0 aliphatic heterocycles. The summed E-state index contributed by atoms with van der Waals surface area (Å²) in [6.07, 6.45) is 1.10. The molecule has 0 radical (unpaired) electrons. The van der Waals surface area contributed by atoms with Gasteiger partial charge in [0, 0.05) is 18.0 Å². The van der Waals surface area contributed by atoms with Crippen molar-refractivity contribution in [1.82, 2.24) is 10.3 Å². The molecule has 0 atom stereocenters. The highest BCUT2D eigenvalue weighted by molar-refractivity contribution is 6.30. The van der Waals surface area contributed by atoms with E-state index in [2.05, 4.69) is 10.3 Å². The fourth-order valence-electron chi connectivity index (χ4n) is 2.50. The highest BCUT2D eigenvalue weighted by Gasteiger charge is 2.11. The van der Waals surface area contributed by atoms with Gasteiger partial charge in [-0.25, -0.2) is 4.98 Å². The van der Waals surface area contributed by atoms with E-state index < -0.39 is 5.97 Å². The van der Waals surface area contributed by atoms with Gasteiger partial charge in [-0.3, -0.25) is 9.59 Å². The number of carbonyl (C=O) groups is 2. The van der Waals surface area contributed by atoms with Crippen LogP contribution in [0.5, 0.6) is 0 Å². The van der Waals surface area contributed by atoms with Gasteiger partial charge in [0.1, 0.15) is 5.52 Å². The molecular formula is C20H19ClN2O4. The lowest BCUT2D eigenvalue weighted by atomic mass is 10.1. The summed E-state index contributed by atoms with van der Waals surface area (Å²) in [5.74, 6) is -0.329. The van der Waals surface area contributed by atoms with Crippen LogP contribution in [0.1, 0.15) is 17.9 Å². The van der Waals surface area contributed by atoms with Crippen molar-refractivity contribution in [2.75, 3.05) is 13.2 Å². The maximum absolute atomic E-state index is 11.8. The van der Waals surface area contributed by atoms with Crippen molar-refractivity contribution >= 4 is 34.6 Å². The molecule has 0 saturated heterocycles. The number of rotatable bonds is 8. The van der Waals surface area contributed by atoms with Crippen LogP contribution in [0.15, 0.2) is 52.9 Å². The number of carbonyl (C=O) groups excluding carboxylic acids is 2. The summed E-state index contributed by atoms with van der Waals surface area (Å²) in [7, 11) is 0. The third kappa shape index (κ3) is 5.82. The lowest BCUT2D eigenvalue weighted by Gasteiger charge is -2.06. The molecule has 0 unspecified atom stereocenters. The van der Waals surface area contributed by atoms with E-state index >= 15 is 0 Å². The van der Waals surface area contributed by atoms with Crippen LogP contribution in [-0.4, -0.2) is 30.0 Å². The maximum Gasteiger partial charge on any atom is 0.306 e. The Kier molecular flexibility index (Phi) is 6.44. The van der Waals surface area contributed by atoms with Gasteiger partial charge in [0.2, 0.25) is 0 Å². The fraction of sp³-hybridized carbons (Fsp3) is 0.250. The Morgan fingerprint density at radius 2 is 1.85 bits per heavy atom. The molecule has 6 nitrogen and oxygen atoms in total. The number of aromatic nitrogens is 1. The molecule has 0 aliphatic carbocycles. The number of oxazole rings is 1. The van der Waals surface area contributed by atoms with Crippen molar-refractivity contribution in [2.45, 2.75) is 19.3 Å². The number of fused-ring (bicyclic) bond motifs is 1. The van der Waals surface area contributed by atoms with Gasteiger partial charge in [-0.1, -0.05) is 35.9 Å². The molecule has 1 amide bonds. The Morgan fingerprint density at radius 1 is 1.07 bits per heavy atom. The normalized spacial score (nSPS) is 10.7. The molecule has 1 N–H and O–H groups in total. The van der Waals surface area contributed by atoms with E-state index in [0.717, 1.165) is 11.1 Å². The first-order valence-electron chi connectivity index (χ1n) is 8.61. The molecule has 0 bridgehead atoms. The van der Waals surface area contributed by atoms with Crippen LogP contribution in [0, 0.1) is 0 Å². The molecule has 0 fully saturated rings. The zero-order chi connectivity index (χ0) is 19.1. The van der Waals surface area contributed by atoms with Crippen molar-refractivity contribution in [3.8, 4) is 0 Å². The number of aryl methyl sites for hydroxylation is 1. The molecule has 1 heterocycles. The standard InChI is InChI=1S/C20H19ClN2O4/c21-15-7-5-14(6-8-15)11-12-22-18(24)13-26-20(25)10-9-19-23-16-3-1-2-4-17(16)27-19/h1-8H,9-13H2,(H,22,24). The number of hydrogen-bond acceptors (Lipinski definition) is 5. The first kappa shape index (κ1) is 18.9. The fourth-order valence-corrected chi connectivity index (χ4v) is 2.63. The van der Waals surface area contributed by atoms with Crippen LogP contribution in [0.4, 0.5) is 0 Å². The smallest absolute Gasteiger partial charge is 0.306 e. The number of benzene rings is 2. The summed E-state index contributed by atoms with van der Waals surface area (Å²) in [5.41, 5.74) is 2.50. The second-order valence-corrected chi connectivity index (χ2v) is 6.40. The lowest BCUT2D eigenvalue weighted by molar-refractivity contribution is -0.148. The molecule has 7 heteroatoms. The molecule has 27 heavy (non-hydrogen) atoms. The summed E-state index contributed by atoms with van der Waals surface area (Å²) in [6.45, 7) is 0.161. The van der Waals surface area contributed by atoms with Crippen molar-refractivity contribution in [2.24, 2.45) is 0 Å². The van der Waals surface area contributed by atoms with Gasteiger partial charge in [-0.15, -0.1) is 0 Å². The Morgan fingerprint density at radius 3 is 2.63 bits per heavy atom. The van der Waals surface area contributed by atoms with E-state index in [1.807, 2.05) is 36.4 Å². The Bertz CT molecular complexity index is 888. The number of nitrogens with zero attached hydrogens (tertiary/aromatic N) is 1. The van der Waals surface area contributed by atoms with Crippen molar-refractivity contribution in [1.29, 1.82) is 0 Å². The van der Waals surface area contributed by atoms with Crippen LogP contribution < -0.4 is 5.32 Å². The zero-order valence-electron chi connectivity index (χ0n) is 14.6. The number of halogens is 1. The molecule has 1 aromatic heterocycles. The second-order valence-electron chi connectivity index (χ2n) is 5.96. The predicted octanol–water partition coefficient (Wildman–Crippen LogP) is 3.32. The summed E-state index contributed by atoms with van der Waals surface area (Å²) in [6, 6.07) is 14.8. The summed E-state index contributed by atoms with van der Waals surface area (Å²) < 4.78 is 10.5. The predicted molar refractivity (Wildman–Crippen MR) is 101 cm³/mol. The van der Waals surface area contributed by atoms with E-state index in [4.69, 9.17) is 20.8 Å². The molecule has 0 saturated carbocycles. The average molecular weight is 387 g/mol. The number of ether oxygens (including phenoxy) is 1. The number of para-hydroxylation sites is 2. The minimum atomic E-state index is -0.467. The Balaban J connectivity index is 1.33. The first-order valence-corrected chi connectivity index (χ1v) is 8.99. The highest BCUT2D eigenvalue weighted by atomic mass is 35.5. The monoisotopic (exact) mass is 386 g/mol. The third-order valence-corrected chi connectivity index (χ3v) is 4.15. The van der Waals surface area contributed by atoms with Crippen LogP contribution in [-0.2, 0) is 27.2 Å². The minimum absolute atomic E-state index is 0.102. The van der Waals surface area contributed by atoms with Gasteiger partial charge < -0.3 is 14.5 Å². The van der Waals surface area contributed by atoms with Crippen molar-refractivity contribution < 1.29 is 18.7 Å². The summed E-state index contributed by atoms with van der Waals surface area (Å²) in [4.78, 5) is 27.8. The van der Waals surface area contributed by atoms with Crippen LogP contribution in [0.25, 0.3) is 11.1 Å². The number of esters is 1. The van der Waals surface area contributed by atoms with E-state index in [9.17, 15) is 9.59 Å². The van der Waals surface area contributed by atoms with Crippen LogP contribution >= 0.6 is 11.6 Å². The van der Waals surface area contributed by atoms with Crippen molar-refractivity contribution in [3.05, 3.63) is 65.0 Å². The molecule has 0 spiro atoms. The molecule has 140 valence electrons. The summed E-state index contributed by atoms with van der Waals surface area (Å²) >= 11 is 5.82. The SMILES string of the molecule is O=C(COC(=O)CCc1nc2ccccc2o1)NCCc1ccc(Cl)cc1. The number of hydrogen-bond donors (Lipinski definition) is 1. The van der Waals surface area contributed by atoms with Crippen LogP contribution in [0.3, 0.4) is 0 Å². The second kappa shape index (κ2) is 9.19. The molecule has 0 aliphatic rings. The Labute approximate surface area is 161 Å². The molecule has 3 aromatic rings. The van der Waals surface area contributed by atoms with Gasteiger partial charge in [0.15, 0.2) is 18.1 Å².